The van der Waals surface area contributed by atoms with Gasteiger partial charge in [0, 0.05) is 25.6 Å². The van der Waals surface area contributed by atoms with E-state index in [1.54, 1.807) is 17.0 Å². The van der Waals surface area contributed by atoms with Gasteiger partial charge in [0.25, 0.3) is 0 Å². The number of nitrogens with zero attached hydrogens (tertiary/aromatic N) is 1. The van der Waals surface area contributed by atoms with Crippen molar-refractivity contribution in [2.24, 2.45) is 0 Å². The Kier molecular flexibility index (Phi) is 7.50. The van der Waals surface area contributed by atoms with E-state index in [4.69, 9.17) is 9.47 Å². The zero-order valence-electron chi connectivity index (χ0n) is 16.8. The van der Waals surface area contributed by atoms with E-state index in [2.05, 4.69) is 5.32 Å². The number of para-hydroxylation sites is 2. The maximum Gasteiger partial charge on any atom is 0.415 e. The maximum absolute atomic E-state index is 12.2. The Labute approximate surface area is 171 Å². The SMILES string of the molecule is Cc1ccccc1OCCCC(=O)NC1CCN(C(=O)Oc2ccccc2)CC1. The van der Waals surface area contributed by atoms with Gasteiger partial charge in [0.15, 0.2) is 0 Å². The molecule has 29 heavy (non-hydrogen) atoms. The summed E-state index contributed by atoms with van der Waals surface area (Å²) in [5.41, 5.74) is 1.09. The molecule has 0 atom stereocenters. The molecular formula is C23H28N2O4. The van der Waals surface area contributed by atoms with Gasteiger partial charge in [0.05, 0.1) is 6.61 Å². The topological polar surface area (TPSA) is 67.9 Å². The summed E-state index contributed by atoms with van der Waals surface area (Å²) in [6.45, 7) is 3.67. The second-order valence-corrected chi connectivity index (χ2v) is 7.23. The van der Waals surface area contributed by atoms with Crippen LogP contribution in [0.3, 0.4) is 0 Å². The van der Waals surface area contributed by atoms with Gasteiger partial charge in [-0.2, -0.15) is 0 Å². The van der Waals surface area contributed by atoms with Gasteiger partial charge in [-0.3, -0.25) is 4.79 Å². The van der Waals surface area contributed by atoms with Gasteiger partial charge in [-0.05, 0) is 49.9 Å². The average Bonchev–Trinajstić information content (AvgIpc) is 2.73. The predicted molar refractivity (Wildman–Crippen MR) is 111 cm³/mol. The van der Waals surface area contributed by atoms with Gasteiger partial charge in [-0.1, -0.05) is 36.4 Å². The number of rotatable bonds is 7. The summed E-state index contributed by atoms with van der Waals surface area (Å²) in [4.78, 5) is 26.1. The van der Waals surface area contributed by atoms with Gasteiger partial charge < -0.3 is 19.7 Å². The van der Waals surface area contributed by atoms with Crippen LogP contribution in [0, 0.1) is 6.92 Å². The van der Waals surface area contributed by atoms with Gasteiger partial charge in [-0.15, -0.1) is 0 Å². The molecule has 1 aliphatic rings. The average molecular weight is 396 g/mol. The number of likely N-dealkylation sites (tertiary alicyclic amines) is 1. The van der Waals surface area contributed by atoms with Crippen molar-refractivity contribution in [1.29, 1.82) is 0 Å². The summed E-state index contributed by atoms with van der Waals surface area (Å²) < 4.78 is 11.1. The summed E-state index contributed by atoms with van der Waals surface area (Å²) in [6.07, 6.45) is 2.23. The van der Waals surface area contributed by atoms with E-state index < -0.39 is 0 Å². The third kappa shape index (κ3) is 6.52. The lowest BCUT2D eigenvalue weighted by Crippen LogP contribution is -2.47. The van der Waals surface area contributed by atoms with E-state index in [1.165, 1.54) is 0 Å². The van der Waals surface area contributed by atoms with Crippen LogP contribution in [0.4, 0.5) is 4.79 Å². The van der Waals surface area contributed by atoms with E-state index in [0.29, 0.717) is 38.3 Å². The molecule has 154 valence electrons. The molecule has 1 saturated heterocycles. The normalized spacial score (nSPS) is 14.3. The minimum absolute atomic E-state index is 0.0312. The second kappa shape index (κ2) is 10.5. The Hall–Kier alpha value is -3.02. The molecule has 3 rings (SSSR count). The van der Waals surface area contributed by atoms with E-state index >= 15 is 0 Å². The lowest BCUT2D eigenvalue weighted by molar-refractivity contribution is -0.122. The number of benzene rings is 2. The molecule has 0 spiro atoms. The molecule has 1 fully saturated rings. The summed E-state index contributed by atoms with van der Waals surface area (Å²) >= 11 is 0. The fourth-order valence-electron chi connectivity index (χ4n) is 3.29. The number of hydrogen-bond acceptors (Lipinski definition) is 4. The van der Waals surface area contributed by atoms with Crippen LogP contribution >= 0.6 is 0 Å². The van der Waals surface area contributed by atoms with Crippen molar-refractivity contribution in [3.05, 3.63) is 60.2 Å². The summed E-state index contributed by atoms with van der Waals surface area (Å²) in [5.74, 6) is 1.44. The van der Waals surface area contributed by atoms with Gasteiger partial charge >= 0.3 is 6.09 Å². The molecule has 1 N–H and O–H groups in total. The number of carbonyl (C=O) groups excluding carboxylic acids is 2. The first kappa shape index (κ1) is 20.7. The highest BCUT2D eigenvalue weighted by atomic mass is 16.6. The Balaban J connectivity index is 1.31. The van der Waals surface area contributed by atoms with Crippen LogP contribution in [0.5, 0.6) is 11.5 Å². The summed E-state index contributed by atoms with van der Waals surface area (Å²) in [5, 5.41) is 3.06. The highest BCUT2D eigenvalue weighted by Gasteiger charge is 2.25. The van der Waals surface area contributed by atoms with Crippen LogP contribution in [-0.2, 0) is 4.79 Å². The monoisotopic (exact) mass is 396 g/mol. The van der Waals surface area contributed by atoms with Crippen molar-refractivity contribution in [2.75, 3.05) is 19.7 Å². The molecule has 2 aromatic rings. The van der Waals surface area contributed by atoms with Crippen LogP contribution in [0.1, 0.15) is 31.2 Å². The molecule has 0 saturated carbocycles. The minimum Gasteiger partial charge on any atom is -0.493 e. The Bertz CT molecular complexity index is 802. The quantitative estimate of drug-likeness (QED) is 0.720. The molecule has 2 amide bonds. The Morgan fingerprint density at radius 1 is 1.03 bits per heavy atom. The zero-order valence-corrected chi connectivity index (χ0v) is 16.8. The highest BCUT2D eigenvalue weighted by Crippen LogP contribution is 2.17. The number of ether oxygens (including phenoxy) is 2. The first-order valence-electron chi connectivity index (χ1n) is 10.1. The maximum atomic E-state index is 12.2. The molecule has 6 heteroatoms. The van der Waals surface area contributed by atoms with Crippen LogP contribution < -0.4 is 14.8 Å². The fraction of sp³-hybridized carbons (Fsp3) is 0.391. The first-order valence-corrected chi connectivity index (χ1v) is 10.1. The van der Waals surface area contributed by atoms with E-state index in [0.717, 1.165) is 24.2 Å². The number of piperidine rings is 1. The molecule has 2 aromatic carbocycles. The summed E-state index contributed by atoms with van der Waals surface area (Å²) in [6, 6.07) is 17.0. The Morgan fingerprint density at radius 2 is 1.72 bits per heavy atom. The molecule has 0 radical (unpaired) electrons. The first-order chi connectivity index (χ1) is 14.1. The predicted octanol–water partition coefficient (Wildman–Crippen LogP) is 3.93. The van der Waals surface area contributed by atoms with E-state index in [-0.39, 0.29) is 18.0 Å². The molecule has 0 aromatic heterocycles. The van der Waals surface area contributed by atoms with Gasteiger partial charge in [-0.25, -0.2) is 4.79 Å². The van der Waals surface area contributed by atoms with E-state index in [9.17, 15) is 9.59 Å². The van der Waals surface area contributed by atoms with Crippen LogP contribution in [0.2, 0.25) is 0 Å². The zero-order chi connectivity index (χ0) is 20.5. The lowest BCUT2D eigenvalue weighted by Gasteiger charge is -2.31. The van der Waals surface area contributed by atoms with Crippen molar-refractivity contribution in [3.63, 3.8) is 0 Å². The number of aryl methyl sites for hydroxylation is 1. The smallest absolute Gasteiger partial charge is 0.415 e. The molecule has 1 heterocycles. The van der Waals surface area contributed by atoms with Crippen molar-refractivity contribution in [1.82, 2.24) is 10.2 Å². The standard InChI is InChI=1S/C23H28N2O4/c1-18-8-5-6-11-21(18)28-17-7-12-22(26)24-19-13-15-25(16-14-19)23(27)29-20-9-3-2-4-10-20/h2-6,8-11,19H,7,12-17H2,1H3,(H,24,26). The molecule has 6 nitrogen and oxygen atoms in total. The van der Waals surface area contributed by atoms with Crippen molar-refractivity contribution >= 4 is 12.0 Å². The number of carbonyl (C=O) groups is 2. The number of amides is 2. The molecule has 1 aliphatic heterocycles. The molecular weight excluding hydrogens is 368 g/mol. The van der Waals surface area contributed by atoms with Crippen molar-refractivity contribution < 1.29 is 19.1 Å². The largest absolute Gasteiger partial charge is 0.493 e. The highest BCUT2D eigenvalue weighted by molar-refractivity contribution is 5.76. The second-order valence-electron chi connectivity index (χ2n) is 7.23. The third-order valence-electron chi connectivity index (χ3n) is 4.97. The minimum atomic E-state index is -0.339. The molecule has 0 unspecified atom stereocenters. The summed E-state index contributed by atoms with van der Waals surface area (Å²) in [7, 11) is 0. The van der Waals surface area contributed by atoms with Crippen LogP contribution in [0.25, 0.3) is 0 Å². The van der Waals surface area contributed by atoms with Crippen LogP contribution in [0.15, 0.2) is 54.6 Å². The van der Waals surface area contributed by atoms with Crippen LogP contribution in [-0.4, -0.2) is 42.6 Å². The lowest BCUT2D eigenvalue weighted by atomic mass is 10.1. The van der Waals surface area contributed by atoms with Gasteiger partial charge in [0.2, 0.25) is 5.91 Å². The number of nitrogens with one attached hydrogen (secondary N) is 1. The van der Waals surface area contributed by atoms with Gasteiger partial charge in [0.1, 0.15) is 11.5 Å². The Morgan fingerprint density at radius 3 is 2.45 bits per heavy atom. The molecule has 0 bridgehead atoms. The fourth-order valence-corrected chi connectivity index (χ4v) is 3.29. The van der Waals surface area contributed by atoms with Crippen molar-refractivity contribution in [2.45, 2.75) is 38.6 Å². The molecule has 0 aliphatic carbocycles. The third-order valence-corrected chi connectivity index (χ3v) is 4.97. The van der Waals surface area contributed by atoms with E-state index in [1.807, 2.05) is 49.4 Å². The number of hydrogen-bond donors (Lipinski definition) is 1. The van der Waals surface area contributed by atoms with Crippen molar-refractivity contribution in [3.8, 4) is 11.5 Å².